The lowest BCUT2D eigenvalue weighted by Crippen LogP contribution is -2.24. The van der Waals surface area contributed by atoms with Crippen LogP contribution in [-0.2, 0) is 9.53 Å². The standard InChI is InChI=1S/C11H21NO2/c1-8(2)4-5-14-11(13)10-7-12-6-9(10)3/h8-10,12H,4-7H2,1-3H3. The van der Waals surface area contributed by atoms with Crippen LogP contribution in [0.15, 0.2) is 0 Å². The summed E-state index contributed by atoms with van der Waals surface area (Å²) in [7, 11) is 0. The SMILES string of the molecule is CC(C)CCOC(=O)C1CNCC1C. The van der Waals surface area contributed by atoms with Crippen LogP contribution in [0.5, 0.6) is 0 Å². The molecule has 2 unspecified atom stereocenters. The Morgan fingerprint density at radius 3 is 2.71 bits per heavy atom. The van der Waals surface area contributed by atoms with Gasteiger partial charge in [-0.05, 0) is 24.8 Å². The Hall–Kier alpha value is -0.570. The van der Waals surface area contributed by atoms with Crippen molar-refractivity contribution < 1.29 is 9.53 Å². The maximum atomic E-state index is 11.6. The molecule has 1 N–H and O–H groups in total. The van der Waals surface area contributed by atoms with E-state index in [2.05, 4.69) is 26.1 Å². The largest absolute Gasteiger partial charge is 0.465 e. The molecule has 1 aliphatic heterocycles. The third kappa shape index (κ3) is 3.29. The molecule has 0 spiro atoms. The molecule has 0 amide bonds. The molecule has 0 saturated carbocycles. The van der Waals surface area contributed by atoms with Gasteiger partial charge in [-0.2, -0.15) is 0 Å². The van der Waals surface area contributed by atoms with Crippen molar-refractivity contribution in [2.45, 2.75) is 27.2 Å². The van der Waals surface area contributed by atoms with Gasteiger partial charge in [0.1, 0.15) is 0 Å². The van der Waals surface area contributed by atoms with Crippen molar-refractivity contribution in [1.82, 2.24) is 5.32 Å². The van der Waals surface area contributed by atoms with Gasteiger partial charge in [-0.15, -0.1) is 0 Å². The van der Waals surface area contributed by atoms with Crippen molar-refractivity contribution in [2.24, 2.45) is 17.8 Å². The normalized spacial score (nSPS) is 26.9. The summed E-state index contributed by atoms with van der Waals surface area (Å²) in [5.74, 6) is 1.06. The van der Waals surface area contributed by atoms with Crippen LogP contribution in [0.25, 0.3) is 0 Å². The van der Waals surface area contributed by atoms with E-state index in [1.165, 1.54) is 0 Å². The third-order valence-electron chi connectivity index (χ3n) is 2.76. The van der Waals surface area contributed by atoms with E-state index >= 15 is 0 Å². The van der Waals surface area contributed by atoms with Crippen molar-refractivity contribution in [2.75, 3.05) is 19.7 Å². The molecule has 3 nitrogen and oxygen atoms in total. The first-order chi connectivity index (χ1) is 6.61. The predicted octanol–water partition coefficient (Wildman–Crippen LogP) is 1.43. The van der Waals surface area contributed by atoms with Gasteiger partial charge in [-0.25, -0.2) is 0 Å². The minimum absolute atomic E-state index is 0.0249. The molecule has 1 aliphatic rings. The molecule has 0 aromatic carbocycles. The summed E-state index contributed by atoms with van der Waals surface area (Å²) < 4.78 is 5.23. The van der Waals surface area contributed by atoms with Crippen LogP contribution in [0.4, 0.5) is 0 Å². The number of carbonyl (C=O) groups excluding carboxylic acids is 1. The molecule has 1 heterocycles. The molecule has 0 aromatic rings. The molecule has 2 atom stereocenters. The molecule has 1 rings (SSSR count). The molecule has 82 valence electrons. The lowest BCUT2D eigenvalue weighted by Gasteiger charge is -2.13. The summed E-state index contributed by atoms with van der Waals surface area (Å²) in [4.78, 5) is 11.6. The summed E-state index contributed by atoms with van der Waals surface area (Å²) in [6.45, 7) is 8.64. The Labute approximate surface area is 86.2 Å². The van der Waals surface area contributed by atoms with Gasteiger partial charge < -0.3 is 10.1 Å². The van der Waals surface area contributed by atoms with Gasteiger partial charge in [0.2, 0.25) is 0 Å². The Bertz CT molecular complexity index is 192. The molecular formula is C11H21NO2. The lowest BCUT2D eigenvalue weighted by molar-refractivity contribution is -0.149. The Morgan fingerprint density at radius 2 is 2.21 bits per heavy atom. The maximum absolute atomic E-state index is 11.6. The van der Waals surface area contributed by atoms with E-state index in [1.54, 1.807) is 0 Å². The highest BCUT2D eigenvalue weighted by Crippen LogP contribution is 2.17. The molecule has 14 heavy (non-hydrogen) atoms. The van der Waals surface area contributed by atoms with Gasteiger partial charge in [0.25, 0.3) is 0 Å². The summed E-state index contributed by atoms with van der Waals surface area (Å²) in [5.41, 5.74) is 0. The quantitative estimate of drug-likeness (QED) is 0.696. The number of hydrogen-bond donors (Lipinski definition) is 1. The fraction of sp³-hybridized carbons (Fsp3) is 0.909. The highest BCUT2D eigenvalue weighted by Gasteiger charge is 2.30. The zero-order valence-corrected chi connectivity index (χ0v) is 9.38. The van der Waals surface area contributed by atoms with E-state index in [1.807, 2.05) is 0 Å². The fourth-order valence-electron chi connectivity index (χ4n) is 1.63. The highest BCUT2D eigenvalue weighted by molar-refractivity contribution is 5.73. The van der Waals surface area contributed by atoms with Gasteiger partial charge in [-0.1, -0.05) is 20.8 Å². The summed E-state index contributed by atoms with van der Waals surface area (Å²) >= 11 is 0. The first kappa shape index (κ1) is 11.5. The summed E-state index contributed by atoms with van der Waals surface area (Å²) in [6, 6.07) is 0. The van der Waals surface area contributed by atoms with Crippen molar-refractivity contribution >= 4 is 5.97 Å². The van der Waals surface area contributed by atoms with Crippen LogP contribution >= 0.6 is 0 Å². The van der Waals surface area contributed by atoms with E-state index in [4.69, 9.17) is 4.74 Å². The van der Waals surface area contributed by atoms with E-state index < -0.39 is 0 Å². The number of ether oxygens (including phenoxy) is 1. The van der Waals surface area contributed by atoms with E-state index in [0.29, 0.717) is 18.4 Å². The first-order valence-electron chi connectivity index (χ1n) is 5.48. The molecular weight excluding hydrogens is 178 g/mol. The molecule has 0 bridgehead atoms. The summed E-state index contributed by atoms with van der Waals surface area (Å²) in [6.07, 6.45) is 0.959. The van der Waals surface area contributed by atoms with Gasteiger partial charge in [0.15, 0.2) is 0 Å². The lowest BCUT2D eigenvalue weighted by atomic mass is 9.99. The second-order valence-corrected chi connectivity index (χ2v) is 4.59. The Morgan fingerprint density at radius 1 is 1.50 bits per heavy atom. The van der Waals surface area contributed by atoms with Crippen molar-refractivity contribution in [1.29, 1.82) is 0 Å². The third-order valence-corrected chi connectivity index (χ3v) is 2.76. The van der Waals surface area contributed by atoms with E-state index in [0.717, 1.165) is 19.5 Å². The van der Waals surface area contributed by atoms with Crippen LogP contribution in [-0.4, -0.2) is 25.7 Å². The average molecular weight is 199 g/mol. The molecule has 1 fully saturated rings. The number of hydrogen-bond acceptors (Lipinski definition) is 3. The minimum atomic E-state index is -0.0249. The minimum Gasteiger partial charge on any atom is -0.465 e. The van der Waals surface area contributed by atoms with Crippen LogP contribution in [0, 0.1) is 17.8 Å². The predicted molar refractivity (Wildman–Crippen MR) is 55.9 cm³/mol. The van der Waals surface area contributed by atoms with Crippen LogP contribution in [0.2, 0.25) is 0 Å². The molecule has 1 saturated heterocycles. The van der Waals surface area contributed by atoms with Crippen molar-refractivity contribution in [3.8, 4) is 0 Å². The zero-order chi connectivity index (χ0) is 10.6. The zero-order valence-electron chi connectivity index (χ0n) is 9.38. The Balaban J connectivity index is 2.21. The topological polar surface area (TPSA) is 38.3 Å². The average Bonchev–Trinajstić information content (AvgIpc) is 2.50. The highest BCUT2D eigenvalue weighted by atomic mass is 16.5. The van der Waals surface area contributed by atoms with Crippen molar-refractivity contribution in [3.05, 3.63) is 0 Å². The van der Waals surface area contributed by atoms with Crippen LogP contribution < -0.4 is 5.32 Å². The number of nitrogens with one attached hydrogen (secondary N) is 1. The maximum Gasteiger partial charge on any atom is 0.310 e. The number of rotatable bonds is 4. The molecule has 3 heteroatoms. The van der Waals surface area contributed by atoms with E-state index in [9.17, 15) is 4.79 Å². The van der Waals surface area contributed by atoms with Crippen LogP contribution in [0.1, 0.15) is 27.2 Å². The number of carbonyl (C=O) groups is 1. The molecule has 0 radical (unpaired) electrons. The second kappa shape index (κ2) is 5.35. The molecule has 0 aliphatic carbocycles. The second-order valence-electron chi connectivity index (χ2n) is 4.59. The van der Waals surface area contributed by atoms with Gasteiger partial charge in [0, 0.05) is 6.54 Å². The monoisotopic (exact) mass is 199 g/mol. The van der Waals surface area contributed by atoms with Gasteiger partial charge >= 0.3 is 5.97 Å². The summed E-state index contributed by atoms with van der Waals surface area (Å²) in [5, 5.41) is 3.20. The van der Waals surface area contributed by atoms with E-state index in [-0.39, 0.29) is 11.9 Å². The number of esters is 1. The van der Waals surface area contributed by atoms with Gasteiger partial charge in [-0.3, -0.25) is 4.79 Å². The fourth-order valence-corrected chi connectivity index (χ4v) is 1.63. The van der Waals surface area contributed by atoms with Crippen molar-refractivity contribution in [3.63, 3.8) is 0 Å². The van der Waals surface area contributed by atoms with Gasteiger partial charge in [0.05, 0.1) is 12.5 Å². The molecule has 0 aromatic heterocycles. The van der Waals surface area contributed by atoms with Crippen LogP contribution in [0.3, 0.4) is 0 Å². The first-order valence-corrected chi connectivity index (χ1v) is 5.48. The Kier molecular flexibility index (Phi) is 4.39. The smallest absolute Gasteiger partial charge is 0.310 e.